The molecule has 0 unspecified atom stereocenters. The molecule has 1 aliphatic rings. The van der Waals surface area contributed by atoms with Crippen molar-refractivity contribution in [2.75, 3.05) is 20.0 Å². The van der Waals surface area contributed by atoms with E-state index in [9.17, 15) is 0 Å². The third kappa shape index (κ3) is 2.34. The fraction of sp³-hybridized carbons (Fsp3) is 0.455. The van der Waals surface area contributed by atoms with E-state index in [1.54, 1.807) is 14.2 Å². The van der Waals surface area contributed by atoms with Crippen molar-refractivity contribution in [1.29, 1.82) is 0 Å². The number of methoxy groups -OCH3 is 2. The number of fused-ring (bicyclic) bond motifs is 1. The number of rotatable bonds is 2. The second kappa shape index (κ2) is 5.52. The van der Waals surface area contributed by atoms with Gasteiger partial charge in [0.25, 0.3) is 0 Å². The van der Waals surface area contributed by atoms with Crippen LogP contribution in [0.4, 0.5) is 0 Å². The van der Waals surface area contributed by atoms with E-state index in [4.69, 9.17) is 9.47 Å². The van der Waals surface area contributed by atoms with Gasteiger partial charge in [-0.2, -0.15) is 0 Å². The molecule has 0 bridgehead atoms. The van der Waals surface area contributed by atoms with Crippen LogP contribution in [0.1, 0.15) is 12.0 Å². The molecule has 4 heteroatoms. The Bertz CT molecular complexity index is 327. The molecule has 0 radical (unpaired) electrons. The van der Waals surface area contributed by atoms with E-state index in [1.807, 2.05) is 17.8 Å². The third-order valence-electron chi connectivity index (χ3n) is 2.42. The molecule has 0 atom stereocenters. The Hall–Kier alpha value is -0.540. The minimum absolute atomic E-state index is 0. The fourth-order valence-corrected chi connectivity index (χ4v) is 2.89. The first-order valence-electron chi connectivity index (χ1n) is 4.73. The van der Waals surface area contributed by atoms with E-state index >= 15 is 0 Å². The Morgan fingerprint density at radius 1 is 1.20 bits per heavy atom. The largest absolute Gasteiger partial charge is 0.493 e. The van der Waals surface area contributed by atoms with Crippen LogP contribution in [-0.2, 0) is 6.42 Å². The molecule has 0 amide bonds. The number of aryl methyl sites for hydroxylation is 1. The normalized spacial score (nSPS) is 13.7. The molecule has 0 N–H and O–H groups in total. The highest BCUT2D eigenvalue weighted by atomic mass is 35.5. The lowest BCUT2D eigenvalue weighted by Crippen LogP contribution is -2.02. The van der Waals surface area contributed by atoms with Gasteiger partial charge in [-0.05, 0) is 30.2 Å². The van der Waals surface area contributed by atoms with Crippen molar-refractivity contribution in [2.45, 2.75) is 17.7 Å². The van der Waals surface area contributed by atoms with Crippen molar-refractivity contribution in [1.82, 2.24) is 0 Å². The van der Waals surface area contributed by atoms with Crippen LogP contribution < -0.4 is 9.47 Å². The van der Waals surface area contributed by atoms with Gasteiger partial charge in [-0.3, -0.25) is 0 Å². The highest BCUT2D eigenvalue weighted by molar-refractivity contribution is 7.99. The molecule has 1 aromatic rings. The fourth-order valence-electron chi connectivity index (χ4n) is 1.73. The van der Waals surface area contributed by atoms with Gasteiger partial charge in [0.15, 0.2) is 11.5 Å². The summed E-state index contributed by atoms with van der Waals surface area (Å²) < 4.78 is 10.7. The van der Waals surface area contributed by atoms with Crippen LogP contribution in [0.2, 0.25) is 0 Å². The summed E-state index contributed by atoms with van der Waals surface area (Å²) in [6.45, 7) is 0. The van der Waals surface area contributed by atoms with E-state index in [1.165, 1.54) is 22.6 Å². The molecule has 0 aliphatic carbocycles. The molecular formula is C11H15ClO2S. The molecule has 0 saturated carbocycles. The lowest BCUT2D eigenvalue weighted by atomic mass is 10.1. The number of ether oxygens (including phenoxy) is 2. The molecule has 1 aromatic carbocycles. The Morgan fingerprint density at radius 3 is 2.67 bits per heavy atom. The van der Waals surface area contributed by atoms with Gasteiger partial charge in [0.2, 0.25) is 0 Å². The van der Waals surface area contributed by atoms with Crippen molar-refractivity contribution in [3.8, 4) is 11.5 Å². The van der Waals surface area contributed by atoms with Crippen molar-refractivity contribution in [3.63, 3.8) is 0 Å². The van der Waals surface area contributed by atoms with E-state index in [0.29, 0.717) is 0 Å². The zero-order valence-electron chi connectivity index (χ0n) is 8.91. The first-order valence-corrected chi connectivity index (χ1v) is 5.72. The molecule has 84 valence electrons. The van der Waals surface area contributed by atoms with Gasteiger partial charge >= 0.3 is 0 Å². The smallest absolute Gasteiger partial charge is 0.174 e. The maximum atomic E-state index is 5.39. The van der Waals surface area contributed by atoms with Crippen LogP contribution in [0.15, 0.2) is 17.0 Å². The van der Waals surface area contributed by atoms with E-state index in [-0.39, 0.29) is 12.4 Å². The highest BCUT2D eigenvalue weighted by Gasteiger charge is 2.17. The summed E-state index contributed by atoms with van der Waals surface area (Å²) in [7, 11) is 3.38. The summed E-state index contributed by atoms with van der Waals surface area (Å²) in [5.41, 5.74) is 1.39. The Labute approximate surface area is 101 Å². The average molecular weight is 247 g/mol. The van der Waals surface area contributed by atoms with Crippen LogP contribution in [0.25, 0.3) is 0 Å². The van der Waals surface area contributed by atoms with Crippen molar-refractivity contribution in [2.24, 2.45) is 0 Å². The minimum Gasteiger partial charge on any atom is -0.493 e. The van der Waals surface area contributed by atoms with Crippen LogP contribution >= 0.6 is 24.2 Å². The number of thioether (sulfide) groups is 1. The lowest BCUT2D eigenvalue weighted by molar-refractivity contribution is 0.347. The number of hydrogen-bond acceptors (Lipinski definition) is 3. The Kier molecular flexibility index (Phi) is 4.61. The van der Waals surface area contributed by atoms with Crippen LogP contribution in [0, 0.1) is 0 Å². The van der Waals surface area contributed by atoms with Crippen LogP contribution in [-0.4, -0.2) is 20.0 Å². The topological polar surface area (TPSA) is 18.5 Å². The second-order valence-corrected chi connectivity index (χ2v) is 4.35. The first kappa shape index (κ1) is 12.5. The lowest BCUT2D eigenvalue weighted by Gasteiger charge is -2.19. The summed E-state index contributed by atoms with van der Waals surface area (Å²) in [6, 6.07) is 4.13. The quantitative estimate of drug-likeness (QED) is 0.799. The molecule has 15 heavy (non-hydrogen) atoms. The Balaban J connectivity index is 0.00000112. The number of hydrogen-bond donors (Lipinski definition) is 0. The van der Waals surface area contributed by atoms with Gasteiger partial charge in [-0.15, -0.1) is 24.2 Å². The second-order valence-electron chi connectivity index (χ2n) is 3.24. The zero-order chi connectivity index (χ0) is 9.97. The third-order valence-corrected chi connectivity index (χ3v) is 3.65. The standard InChI is InChI=1S/C11H14O2S.ClH/c1-12-9-6-5-8-4-3-7-14-11(8)10(9)13-2;/h5-6H,3-4,7H2,1-2H3;1H. The van der Waals surface area contributed by atoms with E-state index < -0.39 is 0 Å². The summed E-state index contributed by atoms with van der Waals surface area (Å²) >= 11 is 1.86. The van der Waals surface area contributed by atoms with Gasteiger partial charge in [0.05, 0.1) is 19.1 Å². The van der Waals surface area contributed by atoms with E-state index in [0.717, 1.165) is 17.9 Å². The molecule has 2 nitrogen and oxygen atoms in total. The molecule has 2 rings (SSSR count). The highest BCUT2D eigenvalue weighted by Crippen LogP contribution is 2.42. The summed E-state index contributed by atoms with van der Waals surface area (Å²) in [5.74, 6) is 2.91. The minimum atomic E-state index is 0. The van der Waals surface area contributed by atoms with Crippen molar-refractivity contribution in [3.05, 3.63) is 17.7 Å². The first-order chi connectivity index (χ1) is 6.86. The molecule has 1 heterocycles. The van der Waals surface area contributed by atoms with Gasteiger partial charge in [-0.25, -0.2) is 0 Å². The number of benzene rings is 1. The summed E-state index contributed by atoms with van der Waals surface area (Å²) in [4.78, 5) is 1.26. The van der Waals surface area contributed by atoms with E-state index in [2.05, 4.69) is 6.07 Å². The van der Waals surface area contributed by atoms with Crippen LogP contribution in [0.5, 0.6) is 11.5 Å². The van der Waals surface area contributed by atoms with Crippen LogP contribution in [0.3, 0.4) is 0 Å². The molecule has 0 spiro atoms. The SMILES string of the molecule is COc1ccc2c(c1OC)SCCC2.Cl. The average Bonchev–Trinajstić information content (AvgIpc) is 2.27. The molecule has 1 aliphatic heterocycles. The molecule has 0 saturated heterocycles. The monoisotopic (exact) mass is 246 g/mol. The van der Waals surface area contributed by atoms with Gasteiger partial charge in [0.1, 0.15) is 0 Å². The number of halogens is 1. The van der Waals surface area contributed by atoms with Crippen molar-refractivity contribution < 1.29 is 9.47 Å². The van der Waals surface area contributed by atoms with Gasteiger partial charge < -0.3 is 9.47 Å². The predicted molar refractivity (Wildman–Crippen MR) is 65.8 cm³/mol. The van der Waals surface area contributed by atoms with Gasteiger partial charge in [0, 0.05) is 0 Å². The maximum absolute atomic E-state index is 5.39. The molecule has 0 aromatic heterocycles. The molecule has 0 fully saturated rings. The van der Waals surface area contributed by atoms with Crippen molar-refractivity contribution >= 4 is 24.2 Å². The van der Waals surface area contributed by atoms with Gasteiger partial charge in [-0.1, -0.05) is 6.07 Å². The summed E-state index contributed by atoms with van der Waals surface area (Å²) in [6.07, 6.45) is 2.41. The maximum Gasteiger partial charge on any atom is 0.174 e. The predicted octanol–water partition coefficient (Wildman–Crippen LogP) is 3.16. The Morgan fingerprint density at radius 2 is 2.00 bits per heavy atom. The molecular weight excluding hydrogens is 232 g/mol. The zero-order valence-corrected chi connectivity index (χ0v) is 10.5. The summed E-state index contributed by atoms with van der Waals surface area (Å²) in [5, 5.41) is 0.